The lowest BCUT2D eigenvalue weighted by atomic mass is 10.2. The van der Waals surface area contributed by atoms with Gasteiger partial charge in [0, 0.05) is 19.2 Å². The van der Waals surface area contributed by atoms with Crippen molar-refractivity contribution in [3.63, 3.8) is 0 Å². The van der Waals surface area contributed by atoms with Gasteiger partial charge in [-0.05, 0) is 36.8 Å². The summed E-state index contributed by atoms with van der Waals surface area (Å²) in [7, 11) is 0. The van der Waals surface area contributed by atoms with Crippen LogP contribution >= 0.6 is 0 Å². The van der Waals surface area contributed by atoms with Crippen molar-refractivity contribution < 1.29 is 9.53 Å². The van der Waals surface area contributed by atoms with Crippen LogP contribution in [0.25, 0.3) is 0 Å². The number of nitrogens with zero attached hydrogens (tertiary/aromatic N) is 1. The van der Waals surface area contributed by atoms with Gasteiger partial charge in [0.15, 0.2) is 5.96 Å². The normalized spacial score (nSPS) is 10.9. The number of aliphatic imine (C=N–C) groups is 1. The van der Waals surface area contributed by atoms with Crippen LogP contribution in [0.1, 0.15) is 19.4 Å². The summed E-state index contributed by atoms with van der Waals surface area (Å²) in [6.07, 6.45) is 0. The molecular weight excluding hydrogens is 328 g/mol. The molecule has 0 heterocycles. The van der Waals surface area contributed by atoms with Crippen molar-refractivity contribution in [1.29, 1.82) is 0 Å². The lowest BCUT2D eigenvalue weighted by molar-refractivity contribution is -0.114. The van der Waals surface area contributed by atoms with Crippen molar-refractivity contribution in [2.75, 3.05) is 25.0 Å². The summed E-state index contributed by atoms with van der Waals surface area (Å²) in [5.74, 6) is 1.50. The van der Waals surface area contributed by atoms with E-state index in [-0.39, 0.29) is 5.91 Å². The lowest BCUT2D eigenvalue weighted by Crippen LogP contribution is -2.39. The molecule has 2 aromatic carbocycles. The summed E-state index contributed by atoms with van der Waals surface area (Å²) < 4.78 is 5.66. The monoisotopic (exact) mass is 354 g/mol. The maximum Gasteiger partial charge on any atom is 0.221 e. The summed E-state index contributed by atoms with van der Waals surface area (Å²) in [4.78, 5) is 15.7. The van der Waals surface area contributed by atoms with Crippen LogP contribution in [0.2, 0.25) is 0 Å². The number of hydrogen-bond acceptors (Lipinski definition) is 3. The molecule has 138 valence electrons. The van der Waals surface area contributed by atoms with Crippen molar-refractivity contribution in [1.82, 2.24) is 10.6 Å². The molecule has 0 atom stereocenters. The number of benzene rings is 2. The number of rotatable bonds is 8. The van der Waals surface area contributed by atoms with Gasteiger partial charge >= 0.3 is 0 Å². The van der Waals surface area contributed by atoms with Crippen LogP contribution < -0.4 is 20.7 Å². The highest BCUT2D eigenvalue weighted by Crippen LogP contribution is 2.11. The van der Waals surface area contributed by atoms with Crippen LogP contribution in [-0.4, -0.2) is 31.6 Å². The van der Waals surface area contributed by atoms with E-state index in [9.17, 15) is 4.79 Å². The minimum absolute atomic E-state index is 0.0842. The van der Waals surface area contributed by atoms with E-state index in [2.05, 4.69) is 20.9 Å². The van der Waals surface area contributed by atoms with E-state index in [1.807, 2.05) is 61.5 Å². The van der Waals surface area contributed by atoms with Crippen molar-refractivity contribution in [3.05, 3.63) is 60.2 Å². The van der Waals surface area contributed by atoms with Crippen LogP contribution in [0.3, 0.4) is 0 Å². The summed E-state index contributed by atoms with van der Waals surface area (Å²) in [6, 6.07) is 17.4. The van der Waals surface area contributed by atoms with Crippen LogP contribution in [-0.2, 0) is 11.3 Å². The third-order valence-corrected chi connectivity index (χ3v) is 3.42. The third kappa shape index (κ3) is 7.25. The van der Waals surface area contributed by atoms with Gasteiger partial charge in [0.2, 0.25) is 5.91 Å². The molecule has 26 heavy (non-hydrogen) atoms. The number of nitrogens with one attached hydrogen (secondary N) is 3. The van der Waals surface area contributed by atoms with E-state index in [4.69, 9.17) is 4.74 Å². The summed E-state index contributed by atoms with van der Waals surface area (Å²) in [5, 5.41) is 9.24. The SMILES string of the molecule is CCNC(=NCc1cccc(NC(C)=O)c1)NCCOc1ccccc1. The smallest absolute Gasteiger partial charge is 0.221 e. The number of hydrogen-bond donors (Lipinski definition) is 3. The second-order valence-corrected chi connectivity index (χ2v) is 5.67. The molecular formula is C20H26N4O2. The fraction of sp³-hybridized carbons (Fsp3) is 0.300. The Hall–Kier alpha value is -3.02. The first-order chi connectivity index (χ1) is 12.7. The molecule has 0 aliphatic carbocycles. The Morgan fingerprint density at radius 3 is 2.62 bits per heavy atom. The fourth-order valence-corrected chi connectivity index (χ4v) is 2.32. The Morgan fingerprint density at radius 2 is 1.88 bits per heavy atom. The summed E-state index contributed by atoms with van der Waals surface area (Å²) in [6.45, 7) is 6.00. The Bertz CT molecular complexity index is 717. The number of ether oxygens (including phenoxy) is 1. The quantitative estimate of drug-likeness (QED) is 0.387. The molecule has 0 fully saturated rings. The predicted octanol–water partition coefficient (Wildman–Crippen LogP) is 2.78. The molecule has 0 aliphatic rings. The Kier molecular flexibility index (Phi) is 7.99. The van der Waals surface area contributed by atoms with E-state index in [0.717, 1.165) is 29.5 Å². The lowest BCUT2D eigenvalue weighted by Gasteiger charge is -2.12. The standard InChI is InChI=1S/C20H26N4O2/c1-3-21-20(22-12-13-26-19-10-5-4-6-11-19)23-15-17-8-7-9-18(14-17)24-16(2)25/h4-11,14H,3,12-13,15H2,1-2H3,(H,24,25)(H2,21,22,23). The van der Waals surface area contributed by atoms with Gasteiger partial charge in [-0.2, -0.15) is 0 Å². The molecule has 0 saturated carbocycles. The molecule has 2 rings (SSSR count). The summed E-state index contributed by atoms with van der Waals surface area (Å²) in [5.41, 5.74) is 1.80. The maximum absolute atomic E-state index is 11.2. The Balaban J connectivity index is 1.84. The molecule has 0 spiro atoms. The Labute approximate surface area is 154 Å². The molecule has 2 aromatic rings. The van der Waals surface area contributed by atoms with Gasteiger partial charge in [-0.25, -0.2) is 4.99 Å². The van der Waals surface area contributed by atoms with Crippen LogP contribution in [0, 0.1) is 0 Å². The number of guanidine groups is 1. The van der Waals surface area contributed by atoms with E-state index >= 15 is 0 Å². The van der Waals surface area contributed by atoms with Gasteiger partial charge in [-0.1, -0.05) is 30.3 Å². The van der Waals surface area contributed by atoms with Crippen molar-refractivity contribution in [2.45, 2.75) is 20.4 Å². The van der Waals surface area contributed by atoms with Gasteiger partial charge in [0.05, 0.1) is 13.1 Å². The van der Waals surface area contributed by atoms with Gasteiger partial charge < -0.3 is 20.7 Å². The van der Waals surface area contributed by atoms with Gasteiger partial charge in [0.1, 0.15) is 12.4 Å². The largest absolute Gasteiger partial charge is 0.492 e. The van der Waals surface area contributed by atoms with E-state index in [1.54, 1.807) is 0 Å². The molecule has 1 amide bonds. The fourth-order valence-electron chi connectivity index (χ4n) is 2.32. The molecule has 0 radical (unpaired) electrons. The third-order valence-electron chi connectivity index (χ3n) is 3.42. The topological polar surface area (TPSA) is 74.8 Å². The second kappa shape index (κ2) is 10.8. The first-order valence-corrected chi connectivity index (χ1v) is 8.74. The number of carbonyl (C=O) groups is 1. The van der Waals surface area contributed by atoms with Crippen LogP contribution in [0.15, 0.2) is 59.6 Å². The van der Waals surface area contributed by atoms with Crippen LogP contribution in [0.4, 0.5) is 5.69 Å². The average molecular weight is 354 g/mol. The molecule has 3 N–H and O–H groups in total. The highest BCUT2D eigenvalue weighted by atomic mass is 16.5. The molecule has 0 aliphatic heterocycles. The average Bonchev–Trinajstić information content (AvgIpc) is 2.64. The maximum atomic E-state index is 11.2. The molecule has 0 aromatic heterocycles. The predicted molar refractivity (Wildman–Crippen MR) is 106 cm³/mol. The first kappa shape index (κ1) is 19.3. The van der Waals surface area contributed by atoms with Gasteiger partial charge in [-0.15, -0.1) is 0 Å². The van der Waals surface area contributed by atoms with E-state index in [1.165, 1.54) is 6.92 Å². The zero-order chi connectivity index (χ0) is 18.6. The zero-order valence-electron chi connectivity index (χ0n) is 15.3. The summed E-state index contributed by atoms with van der Waals surface area (Å²) >= 11 is 0. The minimum atomic E-state index is -0.0842. The minimum Gasteiger partial charge on any atom is -0.492 e. The molecule has 6 heteroatoms. The molecule has 6 nitrogen and oxygen atoms in total. The molecule has 0 bridgehead atoms. The molecule has 0 saturated heterocycles. The van der Waals surface area contributed by atoms with E-state index in [0.29, 0.717) is 19.7 Å². The number of amides is 1. The van der Waals surface area contributed by atoms with Crippen molar-refractivity contribution >= 4 is 17.6 Å². The van der Waals surface area contributed by atoms with Crippen LogP contribution in [0.5, 0.6) is 5.75 Å². The second-order valence-electron chi connectivity index (χ2n) is 5.67. The van der Waals surface area contributed by atoms with Gasteiger partial charge in [-0.3, -0.25) is 4.79 Å². The number of carbonyl (C=O) groups excluding carboxylic acids is 1. The zero-order valence-corrected chi connectivity index (χ0v) is 15.3. The highest BCUT2D eigenvalue weighted by Gasteiger charge is 2.00. The van der Waals surface area contributed by atoms with Crippen molar-refractivity contribution in [3.8, 4) is 5.75 Å². The van der Waals surface area contributed by atoms with Crippen molar-refractivity contribution in [2.24, 2.45) is 4.99 Å². The number of anilines is 1. The molecule has 0 unspecified atom stereocenters. The first-order valence-electron chi connectivity index (χ1n) is 8.74. The highest BCUT2D eigenvalue weighted by molar-refractivity contribution is 5.88. The Morgan fingerprint density at radius 1 is 1.08 bits per heavy atom. The van der Waals surface area contributed by atoms with Gasteiger partial charge in [0.25, 0.3) is 0 Å². The number of para-hydroxylation sites is 1. The van der Waals surface area contributed by atoms with E-state index < -0.39 is 0 Å².